The molecule has 0 spiro atoms. The molecule has 0 nitrogen and oxygen atoms in total. The van der Waals surface area contributed by atoms with E-state index in [0.29, 0.717) is 11.8 Å². The van der Waals surface area contributed by atoms with Gasteiger partial charge >= 0.3 is 0 Å². The van der Waals surface area contributed by atoms with E-state index in [9.17, 15) is 0 Å². The lowest BCUT2D eigenvalue weighted by Crippen LogP contribution is -2.07. The molecule has 1 rings (SSSR count). The van der Waals surface area contributed by atoms with Crippen LogP contribution < -0.4 is 0 Å². The zero-order chi connectivity index (χ0) is 8.97. The number of hydrogen-bond acceptors (Lipinski definition) is 0. The quantitative estimate of drug-likeness (QED) is 0.626. The van der Waals surface area contributed by atoms with Crippen LogP contribution in [0.1, 0.15) is 25.3 Å². The third-order valence-corrected chi connectivity index (χ3v) is 2.91. The van der Waals surface area contributed by atoms with Gasteiger partial charge in [-0.05, 0) is 17.4 Å². The van der Waals surface area contributed by atoms with Crippen molar-refractivity contribution in [3.05, 3.63) is 35.9 Å². The van der Waals surface area contributed by atoms with Gasteiger partial charge in [-0.1, -0.05) is 44.2 Å². The van der Waals surface area contributed by atoms with E-state index >= 15 is 0 Å². The first-order chi connectivity index (χ1) is 5.75. The largest absolute Gasteiger partial charge is 0.126 e. The second-order valence-electron chi connectivity index (χ2n) is 3.33. The predicted octanol–water partition coefficient (Wildman–Crippen LogP) is 3.67. The van der Waals surface area contributed by atoms with Crippen LogP contribution in [0.3, 0.4) is 0 Å². The summed E-state index contributed by atoms with van der Waals surface area (Å²) < 4.78 is 0. The standard InChI is InChI=1S/C11H15Cl/c1-9(8-12)10(2)11-6-4-3-5-7-11/h3-7,9-10H,8H2,1-2H3. The molecule has 0 fully saturated rings. The minimum absolute atomic E-state index is 0.550. The van der Waals surface area contributed by atoms with Crippen LogP contribution >= 0.6 is 11.6 Å². The van der Waals surface area contributed by atoms with E-state index in [-0.39, 0.29) is 0 Å². The molecule has 0 radical (unpaired) electrons. The summed E-state index contributed by atoms with van der Waals surface area (Å²) in [6.07, 6.45) is 0. The first-order valence-electron chi connectivity index (χ1n) is 4.36. The van der Waals surface area contributed by atoms with Gasteiger partial charge in [0.25, 0.3) is 0 Å². The highest BCUT2D eigenvalue weighted by Gasteiger charge is 2.11. The number of benzene rings is 1. The van der Waals surface area contributed by atoms with Gasteiger partial charge in [0.05, 0.1) is 0 Å². The second kappa shape index (κ2) is 4.51. The van der Waals surface area contributed by atoms with E-state index in [1.165, 1.54) is 5.56 Å². The molecule has 1 heteroatoms. The maximum absolute atomic E-state index is 5.80. The van der Waals surface area contributed by atoms with E-state index in [1.54, 1.807) is 0 Å². The molecule has 0 saturated heterocycles. The molecule has 0 heterocycles. The third-order valence-electron chi connectivity index (χ3n) is 2.42. The Hall–Kier alpha value is -0.490. The van der Waals surface area contributed by atoms with Crippen molar-refractivity contribution >= 4 is 11.6 Å². The highest BCUT2D eigenvalue weighted by atomic mass is 35.5. The van der Waals surface area contributed by atoms with Crippen LogP contribution in [-0.4, -0.2) is 5.88 Å². The molecule has 2 unspecified atom stereocenters. The molecular formula is C11H15Cl. The fourth-order valence-corrected chi connectivity index (χ4v) is 1.49. The van der Waals surface area contributed by atoms with Crippen LogP contribution in [0.4, 0.5) is 0 Å². The highest BCUT2D eigenvalue weighted by Crippen LogP contribution is 2.24. The number of rotatable bonds is 3. The monoisotopic (exact) mass is 182 g/mol. The average Bonchev–Trinajstić information content (AvgIpc) is 2.17. The van der Waals surface area contributed by atoms with Crippen molar-refractivity contribution < 1.29 is 0 Å². The molecule has 0 saturated carbocycles. The zero-order valence-corrected chi connectivity index (χ0v) is 8.38. The van der Waals surface area contributed by atoms with Gasteiger partial charge in [-0.25, -0.2) is 0 Å². The van der Waals surface area contributed by atoms with Crippen LogP contribution in [0.25, 0.3) is 0 Å². The molecule has 12 heavy (non-hydrogen) atoms. The van der Waals surface area contributed by atoms with Crippen LogP contribution in [0, 0.1) is 5.92 Å². The summed E-state index contributed by atoms with van der Waals surface area (Å²) in [5.41, 5.74) is 1.38. The molecule has 0 aromatic heterocycles. The Morgan fingerprint density at radius 1 is 1.17 bits per heavy atom. The summed E-state index contributed by atoms with van der Waals surface area (Å²) in [6, 6.07) is 10.5. The van der Waals surface area contributed by atoms with Crippen molar-refractivity contribution in [2.24, 2.45) is 5.92 Å². The molecule has 1 aromatic carbocycles. The SMILES string of the molecule is CC(CCl)C(C)c1ccccc1. The fraction of sp³-hybridized carbons (Fsp3) is 0.455. The van der Waals surface area contributed by atoms with E-state index in [4.69, 9.17) is 11.6 Å². The van der Waals surface area contributed by atoms with Crippen LogP contribution in [0.5, 0.6) is 0 Å². The van der Waals surface area contributed by atoms with E-state index < -0.39 is 0 Å². The summed E-state index contributed by atoms with van der Waals surface area (Å²) in [5, 5.41) is 0. The van der Waals surface area contributed by atoms with Crippen molar-refractivity contribution in [3.8, 4) is 0 Å². The summed E-state index contributed by atoms with van der Waals surface area (Å²) in [5.74, 6) is 1.84. The molecule has 2 atom stereocenters. The van der Waals surface area contributed by atoms with E-state index in [2.05, 4.69) is 38.1 Å². The Morgan fingerprint density at radius 3 is 2.25 bits per heavy atom. The number of hydrogen-bond donors (Lipinski definition) is 0. The maximum atomic E-state index is 5.80. The smallest absolute Gasteiger partial charge is 0.0254 e. The Balaban J connectivity index is 2.71. The Kier molecular flexibility index (Phi) is 3.61. The van der Waals surface area contributed by atoms with Gasteiger partial charge < -0.3 is 0 Å². The lowest BCUT2D eigenvalue weighted by atomic mass is 9.90. The molecule has 66 valence electrons. The topological polar surface area (TPSA) is 0 Å². The first kappa shape index (κ1) is 9.60. The average molecular weight is 183 g/mol. The Morgan fingerprint density at radius 2 is 1.75 bits per heavy atom. The van der Waals surface area contributed by atoms with Crippen LogP contribution in [-0.2, 0) is 0 Å². The molecule has 0 amide bonds. The highest BCUT2D eigenvalue weighted by molar-refractivity contribution is 6.18. The van der Waals surface area contributed by atoms with Gasteiger partial charge in [0.2, 0.25) is 0 Å². The minimum Gasteiger partial charge on any atom is -0.126 e. The van der Waals surface area contributed by atoms with Crippen LogP contribution in [0.2, 0.25) is 0 Å². The Bertz CT molecular complexity index is 218. The minimum atomic E-state index is 0.550. The van der Waals surface area contributed by atoms with Gasteiger partial charge in [-0.2, -0.15) is 0 Å². The zero-order valence-electron chi connectivity index (χ0n) is 7.63. The molecule has 0 bridgehead atoms. The van der Waals surface area contributed by atoms with Gasteiger partial charge in [0.15, 0.2) is 0 Å². The van der Waals surface area contributed by atoms with Crippen molar-refractivity contribution in [2.45, 2.75) is 19.8 Å². The number of halogens is 1. The van der Waals surface area contributed by atoms with Gasteiger partial charge in [-0.15, -0.1) is 11.6 Å². The molecule has 0 aliphatic carbocycles. The number of alkyl halides is 1. The molecule has 0 aliphatic heterocycles. The van der Waals surface area contributed by atoms with Crippen molar-refractivity contribution in [2.75, 3.05) is 5.88 Å². The third kappa shape index (κ3) is 2.25. The van der Waals surface area contributed by atoms with Gasteiger partial charge in [0.1, 0.15) is 0 Å². The molecule has 0 aliphatic rings. The van der Waals surface area contributed by atoms with Gasteiger partial charge in [-0.3, -0.25) is 0 Å². The summed E-state index contributed by atoms with van der Waals surface area (Å²) in [6.45, 7) is 4.41. The predicted molar refractivity (Wildman–Crippen MR) is 54.7 cm³/mol. The summed E-state index contributed by atoms with van der Waals surface area (Å²) in [7, 11) is 0. The molecule has 1 aromatic rings. The van der Waals surface area contributed by atoms with Crippen molar-refractivity contribution in [1.82, 2.24) is 0 Å². The fourth-order valence-electron chi connectivity index (χ4n) is 1.22. The maximum Gasteiger partial charge on any atom is 0.0254 e. The Labute approximate surface area is 79.6 Å². The van der Waals surface area contributed by atoms with Crippen molar-refractivity contribution in [1.29, 1.82) is 0 Å². The van der Waals surface area contributed by atoms with E-state index in [0.717, 1.165) is 5.88 Å². The van der Waals surface area contributed by atoms with Crippen molar-refractivity contribution in [3.63, 3.8) is 0 Å². The normalized spacial score (nSPS) is 15.6. The van der Waals surface area contributed by atoms with Gasteiger partial charge in [0, 0.05) is 5.88 Å². The van der Waals surface area contributed by atoms with E-state index in [1.807, 2.05) is 6.07 Å². The summed E-state index contributed by atoms with van der Waals surface area (Å²) in [4.78, 5) is 0. The lowest BCUT2D eigenvalue weighted by molar-refractivity contribution is 0.541. The van der Waals surface area contributed by atoms with Crippen LogP contribution in [0.15, 0.2) is 30.3 Å². The lowest BCUT2D eigenvalue weighted by Gasteiger charge is -2.17. The second-order valence-corrected chi connectivity index (χ2v) is 3.64. The molecule has 0 N–H and O–H groups in total. The summed E-state index contributed by atoms with van der Waals surface area (Å²) >= 11 is 5.80. The first-order valence-corrected chi connectivity index (χ1v) is 4.90. The molecular weight excluding hydrogens is 168 g/mol.